The maximum absolute atomic E-state index is 10.2. The molecule has 0 aliphatic carbocycles. The highest BCUT2D eigenvalue weighted by molar-refractivity contribution is 7.10. The second kappa shape index (κ2) is 7.13. The zero-order valence-electron chi connectivity index (χ0n) is 12.6. The fourth-order valence-electron chi connectivity index (χ4n) is 2.51. The predicted molar refractivity (Wildman–Crippen MR) is 87.6 cm³/mol. The Labute approximate surface area is 134 Å². The summed E-state index contributed by atoms with van der Waals surface area (Å²) in [5, 5.41) is 15.6. The Morgan fingerprint density at radius 2 is 2.05 bits per heavy atom. The number of thiophene rings is 1. The zero-order valence-corrected chi connectivity index (χ0v) is 13.4. The third-order valence-electron chi connectivity index (χ3n) is 3.71. The van der Waals surface area contributed by atoms with Crippen molar-refractivity contribution in [2.75, 3.05) is 13.2 Å². The second-order valence-electron chi connectivity index (χ2n) is 5.53. The van der Waals surface area contributed by atoms with E-state index in [1.807, 2.05) is 35.7 Å². The molecule has 1 aromatic carbocycles. The van der Waals surface area contributed by atoms with Crippen LogP contribution in [-0.2, 0) is 6.54 Å². The Morgan fingerprint density at radius 3 is 2.82 bits per heavy atom. The summed E-state index contributed by atoms with van der Waals surface area (Å²) >= 11 is 1.59. The molecule has 2 N–H and O–H groups in total. The first-order valence-electron chi connectivity index (χ1n) is 7.56. The van der Waals surface area contributed by atoms with Crippen molar-refractivity contribution in [1.29, 1.82) is 0 Å². The Balaban J connectivity index is 1.51. The van der Waals surface area contributed by atoms with Gasteiger partial charge in [0, 0.05) is 17.5 Å². The first-order valence-corrected chi connectivity index (χ1v) is 8.43. The molecule has 0 amide bonds. The largest absolute Gasteiger partial charge is 0.486 e. The molecule has 2 aromatic rings. The zero-order chi connectivity index (χ0) is 15.4. The van der Waals surface area contributed by atoms with Crippen molar-refractivity contribution >= 4 is 11.3 Å². The molecule has 118 valence electrons. The number of fused-ring (bicyclic) bond motifs is 1. The van der Waals surface area contributed by atoms with E-state index < -0.39 is 6.10 Å². The van der Waals surface area contributed by atoms with Crippen LogP contribution in [0.15, 0.2) is 35.7 Å². The first kappa shape index (κ1) is 15.3. The van der Waals surface area contributed by atoms with Crippen molar-refractivity contribution in [3.8, 4) is 11.5 Å². The highest BCUT2D eigenvalue weighted by atomic mass is 32.1. The van der Waals surface area contributed by atoms with E-state index in [1.54, 1.807) is 11.3 Å². The molecule has 0 spiro atoms. The summed E-state index contributed by atoms with van der Waals surface area (Å²) in [7, 11) is 0. The third-order valence-corrected chi connectivity index (χ3v) is 4.68. The summed E-state index contributed by atoms with van der Waals surface area (Å²) in [4.78, 5) is 1.02. The number of benzene rings is 1. The standard InChI is InChI=1S/C17H21NO3S/c1-12(9-14(19)17-3-2-8-22-17)18-11-13-4-5-15-16(10-13)21-7-6-20-15/h2-5,8,10,12,14,18-19H,6-7,9,11H2,1H3/t12-,14+/m0/s1. The number of aliphatic hydroxyl groups is 1. The minimum absolute atomic E-state index is 0.227. The van der Waals surface area contributed by atoms with E-state index in [1.165, 1.54) is 0 Å². The number of nitrogens with one attached hydrogen (secondary N) is 1. The summed E-state index contributed by atoms with van der Waals surface area (Å²) in [6, 6.07) is 10.2. The van der Waals surface area contributed by atoms with Crippen molar-refractivity contribution in [2.24, 2.45) is 0 Å². The molecule has 2 heterocycles. The van der Waals surface area contributed by atoms with E-state index in [0.29, 0.717) is 19.6 Å². The molecular formula is C17H21NO3S. The van der Waals surface area contributed by atoms with Gasteiger partial charge in [0.2, 0.25) is 0 Å². The summed E-state index contributed by atoms with van der Waals surface area (Å²) in [5.41, 5.74) is 1.15. The van der Waals surface area contributed by atoms with Crippen molar-refractivity contribution in [3.63, 3.8) is 0 Å². The summed E-state index contributed by atoms with van der Waals surface area (Å²) in [5.74, 6) is 1.63. The summed E-state index contributed by atoms with van der Waals surface area (Å²) in [6.07, 6.45) is 0.299. The van der Waals surface area contributed by atoms with Crippen molar-refractivity contribution < 1.29 is 14.6 Å². The molecule has 4 nitrogen and oxygen atoms in total. The lowest BCUT2D eigenvalue weighted by Crippen LogP contribution is -2.27. The van der Waals surface area contributed by atoms with Gasteiger partial charge < -0.3 is 19.9 Å². The van der Waals surface area contributed by atoms with Crippen LogP contribution >= 0.6 is 11.3 Å². The average Bonchev–Trinajstić information content (AvgIpc) is 3.07. The Morgan fingerprint density at radius 1 is 1.23 bits per heavy atom. The highest BCUT2D eigenvalue weighted by Gasteiger charge is 2.14. The van der Waals surface area contributed by atoms with E-state index >= 15 is 0 Å². The minimum atomic E-state index is -0.400. The lowest BCUT2D eigenvalue weighted by molar-refractivity contribution is 0.157. The maximum Gasteiger partial charge on any atom is 0.161 e. The van der Waals surface area contributed by atoms with Gasteiger partial charge in [0.25, 0.3) is 0 Å². The lowest BCUT2D eigenvalue weighted by Gasteiger charge is -2.20. The van der Waals surface area contributed by atoms with Crippen LogP contribution in [0, 0.1) is 0 Å². The summed E-state index contributed by atoms with van der Waals surface area (Å²) < 4.78 is 11.1. The Kier molecular flexibility index (Phi) is 4.97. The normalized spacial score (nSPS) is 16.3. The van der Waals surface area contributed by atoms with Crippen LogP contribution in [0.25, 0.3) is 0 Å². The smallest absolute Gasteiger partial charge is 0.161 e. The maximum atomic E-state index is 10.2. The van der Waals surface area contributed by atoms with Crippen LogP contribution in [0.2, 0.25) is 0 Å². The van der Waals surface area contributed by atoms with Gasteiger partial charge in [-0.15, -0.1) is 11.3 Å². The first-order chi connectivity index (χ1) is 10.7. The number of rotatable bonds is 6. The number of ether oxygens (including phenoxy) is 2. The minimum Gasteiger partial charge on any atom is -0.486 e. The molecule has 1 aromatic heterocycles. The number of aliphatic hydroxyl groups excluding tert-OH is 1. The van der Waals surface area contributed by atoms with Crippen LogP contribution in [-0.4, -0.2) is 24.4 Å². The van der Waals surface area contributed by atoms with Gasteiger partial charge in [-0.2, -0.15) is 0 Å². The molecule has 3 rings (SSSR count). The van der Waals surface area contributed by atoms with E-state index in [2.05, 4.69) is 12.2 Å². The Bertz CT molecular complexity index is 600. The Hall–Kier alpha value is -1.56. The topological polar surface area (TPSA) is 50.7 Å². The highest BCUT2D eigenvalue weighted by Crippen LogP contribution is 2.30. The molecule has 1 aliphatic heterocycles. The molecule has 22 heavy (non-hydrogen) atoms. The van der Waals surface area contributed by atoms with Crippen LogP contribution in [0.3, 0.4) is 0 Å². The van der Waals surface area contributed by atoms with Crippen LogP contribution in [0.1, 0.15) is 29.9 Å². The average molecular weight is 319 g/mol. The molecule has 0 saturated carbocycles. The van der Waals surface area contributed by atoms with Gasteiger partial charge in [-0.1, -0.05) is 12.1 Å². The molecule has 2 atom stereocenters. The van der Waals surface area contributed by atoms with Gasteiger partial charge in [0.05, 0.1) is 6.10 Å². The van der Waals surface area contributed by atoms with Crippen LogP contribution < -0.4 is 14.8 Å². The molecule has 0 saturated heterocycles. The molecule has 0 radical (unpaired) electrons. The second-order valence-corrected chi connectivity index (χ2v) is 6.51. The van der Waals surface area contributed by atoms with E-state index in [-0.39, 0.29) is 6.04 Å². The fraction of sp³-hybridized carbons (Fsp3) is 0.412. The fourth-order valence-corrected chi connectivity index (χ4v) is 3.23. The van der Waals surface area contributed by atoms with Crippen LogP contribution in [0.4, 0.5) is 0 Å². The monoisotopic (exact) mass is 319 g/mol. The molecular weight excluding hydrogens is 298 g/mol. The third kappa shape index (κ3) is 3.80. The van der Waals surface area contributed by atoms with Crippen molar-refractivity contribution in [1.82, 2.24) is 5.32 Å². The van der Waals surface area contributed by atoms with Gasteiger partial charge >= 0.3 is 0 Å². The number of hydrogen-bond donors (Lipinski definition) is 2. The van der Waals surface area contributed by atoms with E-state index in [0.717, 1.165) is 28.5 Å². The SMILES string of the molecule is C[C@@H](C[C@@H](O)c1cccs1)NCc1ccc2c(c1)OCCO2. The van der Waals surface area contributed by atoms with Gasteiger partial charge in [-0.3, -0.25) is 0 Å². The summed E-state index contributed by atoms with van der Waals surface area (Å²) in [6.45, 7) is 4.05. The number of hydrogen-bond acceptors (Lipinski definition) is 5. The van der Waals surface area contributed by atoms with Gasteiger partial charge in [-0.05, 0) is 42.5 Å². The molecule has 0 bridgehead atoms. The van der Waals surface area contributed by atoms with Crippen LogP contribution in [0.5, 0.6) is 11.5 Å². The van der Waals surface area contributed by atoms with Gasteiger partial charge in [-0.25, -0.2) is 0 Å². The van der Waals surface area contributed by atoms with Gasteiger partial charge in [0.1, 0.15) is 13.2 Å². The van der Waals surface area contributed by atoms with Gasteiger partial charge in [0.15, 0.2) is 11.5 Å². The molecule has 0 fully saturated rings. The van der Waals surface area contributed by atoms with E-state index in [9.17, 15) is 5.11 Å². The van der Waals surface area contributed by atoms with Crippen molar-refractivity contribution in [2.45, 2.75) is 32.0 Å². The molecule has 0 unspecified atom stereocenters. The quantitative estimate of drug-likeness (QED) is 0.859. The molecule has 1 aliphatic rings. The van der Waals surface area contributed by atoms with Crippen molar-refractivity contribution in [3.05, 3.63) is 46.2 Å². The predicted octanol–water partition coefficient (Wildman–Crippen LogP) is 3.12. The van der Waals surface area contributed by atoms with E-state index in [4.69, 9.17) is 9.47 Å². The molecule has 5 heteroatoms. The lowest BCUT2D eigenvalue weighted by atomic mass is 10.1.